The molecule has 1 N–H and O–H groups in total. The largest absolute Gasteiger partial charge is 0.462 e. The van der Waals surface area contributed by atoms with Crippen LogP contribution in [0.25, 0.3) is 0 Å². The number of esters is 1. The first kappa shape index (κ1) is 13.7. The third kappa shape index (κ3) is 7.77. The van der Waals surface area contributed by atoms with Crippen LogP contribution in [-0.4, -0.2) is 31.7 Å². The summed E-state index contributed by atoms with van der Waals surface area (Å²) in [7, 11) is 1.05. The minimum absolute atomic E-state index is 0.0318. The van der Waals surface area contributed by atoms with E-state index >= 15 is 0 Å². The number of unbranched alkanes of at least 4 members (excludes halogenated alkanes) is 1. The Balaban J connectivity index is 3.47. The van der Waals surface area contributed by atoms with Crippen molar-refractivity contribution in [2.75, 3.05) is 13.7 Å². The number of alkyl halides is 3. The maximum Gasteiger partial charge on any atom is 0.396 e. The highest BCUT2D eigenvalue weighted by atomic mass is 19.4. The summed E-state index contributed by atoms with van der Waals surface area (Å²) in [6.07, 6.45) is -4.97. The summed E-state index contributed by atoms with van der Waals surface area (Å²) in [5, 5.41) is 2.14. The highest BCUT2D eigenvalue weighted by Gasteiger charge is 2.25. The Morgan fingerprint density at radius 3 is 2.33 bits per heavy atom. The SMILES string of the molecule is COC(=O)C(=O)NCCCCC(F)(F)F. The van der Waals surface area contributed by atoms with Crippen LogP contribution in [0.15, 0.2) is 0 Å². The fourth-order valence-electron chi connectivity index (χ4n) is 0.817. The van der Waals surface area contributed by atoms with Gasteiger partial charge >= 0.3 is 18.1 Å². The Bertz CT molecular complexity index is 228. The molecule has 0 rings (SSSR count). The van der Waals surface area contributed by atoms with E-state index in [1.165, 1.54) is 0 Å². The molecule has 0 aliphatic carbocycles. The van der Waals surface area contributed by atoms with Crippen LogP contribution in [0, 0.1) is 0 Å². The fourth-order valence-corrected chi connectivity index (χ4v) is 0.817. The van der Waals surface area contributed by atoms with Crippen LogP contribution in [0.1, 0.15) is 19.3 Å². The molecular weight excluding hydrogens is 215 g/mol. The van der Waals surface area contributed by atoms with E-state index in [0.29, 0.717) is 0 Å². The number of carbonyl (C=O) groups is 2. The topological polar surface area (TPSA) is 55.4 Å². The van der Waals surface area contributed by atoms with Gasteiger partial charge in [-0.25, -0.2) is 4.79 Å². The average Bonchev–Trinajstić information content (AvgIpc) is 2.14. The normalized spacial score (nSPS) is 10.9. The van der Waals surface area contributed by atoms with Gasteiger partial charge in [-0.3, -0.25) is 4.79 Å². The quantitative estimate of drug-likeness (QED) is 0.443. The number of nitrogens with one attached hydrogen (secondary N) is 1. The summed E-state index contributed by atoms with van der Waals surface area (Å²) in [5.74, 6) is -1.99. The molecule has 7 heteroatoms. The molecule has 4 nitrogen and oxygen atoms in total. The number of halogens is 3. The van der Waals surface area contributed by atoms with Crippen LogP contribution in [-0.2, 0) is 14.3 Å². The number of rotatable bonds is 4. The van der Waals surface area contributed by atoms with Crippen molar-refractivity contribution in [3.8, 4) is 0 Å². The van der Waals surface area contributed by atoms with Gasteiger partial charge in [0, 0.05) is 13.0 Å². The van der Waals surface area contributed by atoms with Gasteiger partial charge in [0.2, 0.25) is 0 Å². The van der Waals surface area contributed by atoms with Crippen molar-refractivity contribution in [2.45, 2.75) is 25.4 Å². The third-order valence-electron chi connectivity index (χ3n) is 1.54. The summed E-state index contributed by atoms with van der Waals surface area (Å²) in [4.78, 5) is 21.2. The molecule has 0 spiro atoms. The van der Waals surface area contributed by atoms with E-state index < -0.39 is 24.5 Å². The molecule has 0 aromatic carbocycles. The molecule has 0 radical (unpaired) electrons. The van der Waals surface area contributed by atoms with Crippen molar-refractivity contribution in [3.05, 3.63) is 0 Å². The Morgan fingerprint density at radius 2 is 1.87 bits per heavy atom. The predicted octanol–water partition coefficient (Wildman–Crippen LogP) is 1.01. The van der Waals surface area contributed by atoms with E-state index in [2.05, 4.69) is 10.1 Å². The Morgan fingerprint density at radius 1 is 1.27 bits per heavy atom. The molecule has 0 aliphatic heterocycles. The lowest BCUT2D eigenvalue weighted by Crippen LogP contribution is -2.32. The number of methoxy groups -OCH3 is 1. The second-order valence-electron chi connectivity index (χ2n) is 2.82. The Hall–Kier alpha value is -1.27. The zero-order valence-corrected chi connectivity index (χ0v) is 8.19. The molecule has 0 saturated heterocycles. The highest BCUT2D eigenvalue weighted by Crippen LogP contribution is 2.21. The van der Waals surface area contributed by atoms with E-state index in [-0.39, 0.29) is 19.4 Å². The molecular formula is C8H12F3NO3. The summed E-state index contributed by atoms with van der Waals surface area (Å²) < 4.78 is 39.1. The zero-order chi connectivity index (χ0) is 11.9. The van der Waals surface area contributed by atoms with Crippen molar-refractivity contribution in [1.29, 1.82) is 0 Å². The molecule has 0 unspecified atom stereocenters. The number of hydrogen-bond acceptors (Lipinski definition) is 3. The van der Waals surface area contributed by atoms with Crippen LogP contribution in [0.4, 0.5) is 13.2 Å². The standard InChI is InChI=1S/C8H12F3NO3/c1-15-7(14)6(13)12-5-3-2-4-8(9,10)11/h2-5H2,1H3,(H,12,13). The van der Waals surface area contributed by atoms with Crippen molar-refractivity contribution >= 4 is 11.9 Å². The van der Waals surface area contributed by atoms with Gasteiger partial charge in [0.15, 0.2) is 0 Å². The van der Waals surface area contributed by atoms with Gasteiger partial charge in [-0.1, -0.05) is 0 Å². The van der Waals surface area contributed by atoms with Crippen LogP contribution in [0.5, 0.6) is 0 Å². The first-order valence-corrected chi connectivity index (χ1v) is 4.29. The molecule has 0 aliphatic rings. The molecule has 1 amide bonds. The van der Waals surface area contributed by atoms with Gasteiger partial charge in [-0.15, -0.1) is 0 Å². The van der Waals surface area contributed by atoms with E-state index in [1.807, 2.05) is 0 Å². The van der Waals surface area contributed by atoms with Crippen LogP contribution < -0.4 is 5.32 Å². The minimum Gasteiger partial charge on any atom is -0.462 e. The van der Waals surface area contributed by atoms with Crippen molar-refractivity contribution in [1.82, 2.24) is 5.32 Å². The smallest absolute Gasteiger partial charge is 0.396 e. The van der Waals surface area contributed by atoms with Gasteiger partial charge in [0.05, 0.1) is 7.11 Å². The van der Waals surface area contributed by atoms with E-state index in [9.17, 15) is 22.8 Å². The number of carbonyl (C=O) groups excluding carboxylic acids is 2. The fraction of sp³-hybridized carbons (Fsp3) is 0.750. The minimum atomic E-state index is -4.17. The molecule has 0 saturated carbocycles. The van der Waals surface area contributed by atoms with Crippen LogP contribution in [0.2, 0.25) is 0 Å². The van der Waals surface area contributed by atoms with Gasteiger partial charge in [-0.2, -0.15) is 13.2 Å². The zero-order valence-electron chi connectivity index (χ0n) is 8.19. The number of amides is 1. The third-order valence-corrected chi connectivity index (χ3v) is 1.54. The lowest BCUT2D eigenvalue weighted by molar-refractivity contribution is -0.152. The first-order valence-electron chi connectivity index (χ1n) is 4.29. The van der Waals surface area contributed by atoms with E-state index in [4.69, 9.17) is 0 Å². The summed E-state index contributed by atoms with van der Waals surface area (Å²) >= 11 is 0. The van der Waals surface area contributed by atoms with Crippen molar-refractivity contribution in [3.63, 3.8) is 0 Å². The van der Waals surface area contributed by atoms with Gasteiger partial charge < -0.3 is 10.1 Å². The molecule has 0 heterocycles. The van der Waals surface area contributed by atoms with E-state index in [1.54, 1.807) is 0 Å². The first-order chi connectivity index (χ1) is 6.87. The second kappa shape index (κ2) is 6.26. The lowest BCUT2D eigenvalue weighted by Gasteiger charge is -2.06. The molecule has 0 atom stereocenters. The van der Waals surface area contributed by atoms with Crippen LogP contribution in [0.3, 0.4) is 0 Å². The molecule has 0 fully saturated rings. The summed E-state index contributed by atoms with van der Waals surface area (Å²) in [6.45, 7) is 0.0318. The van der Waals surface area contributed by atoms with Gasteiger partial charge in [0.1, 0.15) is 0 Å². The molecule has 0 bridgehead atoms. The molecule has 88 valence electrons. The maximum atomic E-state index is 11.7. The number of hydrogen-bond donors (Lipinski definition) is 1. The lowest BCUT2D eigenvalue weighted by atomic mass is 10.2. The number of ether oxygens (including phenoxy) is 1. The molecule has 15 heavy (non-hydrogen) atoms. The maximum absolute atomic E-state index is 11.7. The predicted molar refractivity (Wildman–Crippen MR) is 44.9 cm³/mol. The average molecular weight is 227 g/mol. The summed E-state index contributed by atoms with van der Waals surface area (Å²) in [5.41, 5.74) is 0. The Kier molecular flexibility index (Phi) is 5.73. The van der Waals surface area contributed by atoms with Gasteiger partial charge in [0.25, 0.3) is 0 Å². The van der Waals surface area contributed by atoms with Crippen LogP contribution >= 0.6 is 0 Å². The highest BCUT2D eigenvalue weighted by molar-refractivity contribution is 6.32. The van der Waals surface area contributed by atoms with Crippen molar-refractivity contribution in [2.24, 2.45) is 0 Å². The van der Waals surface area contributed by atoms with Crippen molar-refractivity contribution < 1.29 is 27.5 Å². The molecule has 0 aromatic rings. The van der Waals surface area contributed by atoms with Gasteiger partial charge in [-0.05, 0) is 12.8 Å². The van der Waals surface area contributed by atoms with E-state index in [0.717, 1.165) is 7.11 Å². The monoisotopic (exact) mass is 227 g/mol. The second-order valence-corrected chi connectivity index (χ2v) is 2.82. The summed E-state index contributed by atoms with van der Waals surface area (Å²) in [6, 6.07) is 0. The Labute approximate surface area is 84.8 Å². The molecule has 0 aromatic heterocycles.